The Labute approximate surface area is 198 Å². The number of benzene rings is 2. The van der Waals surface area contributed by atoms with Crippen molar-refractivity contribution in [3.63, 3.8) is 0 Å². The van der Waals surface area contributed by atoms with Gasteiger partial charge in [0.2, 0.25) is 5.70 Å². The van der Waals surface area contributed by atoms with Gasteiger partial charge in [-0.25, -0.2) is 0 Å². The van der Waals surface area contributed by atoms with Crippen LogP contribution in [0.4, 0.5) is 11.4 Å². The van der Waals surface area contributed by atoms with Crippen LogP contribution >= 0.6 is 12.2 Å². The number of nitro groups is 1. The van der Waals surface area contributed by atoms with E-state index < -0.39 is 4.92 Å². The van der Waals surface area contributed by atoms with E-state index in [0.717, 1.165) is 5.56 Å². The minimum atomic E-state index is -0.506. The topological polar surface area (TPSA) is 91.3 Å². The highest BCUT2D eigenvalue weighted by atomic mass is 32.1. The first-order chi connectivity index (χ1) is 15.6. The maximum absolute atomic E-state index is 13.5. The van der Waals surface area contributed by atoms with Crippen molar-refractivity contribution in [2.75, 3.05) is 12.4 Å². The van der Waals surface area contributed by atoms with Gasteiger partial charge in [-0.3, -0.25) is 10.1 Å². The number of nitrogens with zero attached hydrogens (tertiary/aromatic N) is 2. The van der Waals surface area contributed by atoms with E-state index in [4.69, 9.17) is 17.0 Å². The molecule has 8 heteroatoms. The number of ether oxygens (including phenoxy) is 1. The Bertz CT molecular complexity index is 1200. The number of aromatic nitrogens is 1. The molecule has 1 aromatic heterocycles. The lowest BCUT2D eigenvalue weighted by atomic mass is 9.88. The van der Waals surface area contributed by atoms with E-state index >= 15 is 0 Å². The lowest BCUT2D eigenvalue weighted by molar-refractivity contribution is -0.577. The molecule has 0 unspecified atom stereocenters. The molecule has 33 heavy (non-hydrogen) atoms. The first-order valence-corrected chi connectivity index (χ1v) is 10.6. The largest absolute Gasteiger partial charge is 0.867 e. The summed E-state index contributed by atoms with van der Waals surface area (Å²) in [5, 5.41) is 27.6. The fraction of sp³-hybridized carbons (Fsp3) is 0.200. The van der Waals surface area contributed by atoms with Crippen LogP contribution in [0.25, 0.3) is 11.5 Å². The summed E-state index contributed by atoms with van der Waals surface area (Å²) in [7, 11) is 1.57. The average Bonchev–Trinajstić information content (AvgIpc) is 2.79. The predicted octanol–water partition coefficient (Wildman–Crippen LogP) is 4.31. The van der Waals surface area contributed by atoms with Gasteiger partial charge in [0.1, 0.15) is 5.75 Å². The van der Waals surface area contributed by atoms with Crippen molar-refractivity contribution in [2.45, 2.75) is 26.2 Å². The van der Waals surface area contributed by atoms with Gasteiger partial charge < -0.3 is 15.2 Å². The molecular formula is C25H25N3O4S. The van der Waals surface area contributed by atoms with Crippen LogP contribution in [0.1, 0.15) is 31.9 Å². The molecule has 3 aromatic rings. The van der Waals surface area contributed by atoms with Crippen LogP contribution < -0.4 is 19.7 Å². The van der Waals surface area contributed by atoms with Crippen molar-refractivity contribution in [3.8, 4) is 5.75 Å². The van der Waals surface area contributed by atoms with E-state index in [-0.39, 0.29) is 33.1 Å². The van der Waals surface area contributed by atoms with Gasteiger partial charge in [0.25, 0.3) is 5.69 Å². The minimum Gasteiger partial charge on any atom is -0.867 e. The normalized spacial score (nSPS) is 12.0. The molecule has 0 atom stereocenters. The molecule has 0 spiro atoms. The van der Waals surface area contributed by atoms with Crippen molar-refractivity contribution in [1.29, 1.82) is 0 Å². The fourth-order valence-corrected chi connectivity index (χ4v) is 3.49. The van der Waals surface area contributed by atoms with E-state index in [9.17, 15) is 15.2 Å². The lowest BCUT2D eigenvalue weighted by Gasteiger charge is -2.19. The Morgan fingerprint density at radius 1 is 1.06 bits per heavy atom. The summed E-state index contributed by atoms with van der Waals surface area (Å²) in [4.78, 5) is 10.7. The van der Waals surface area contributed by atoms with Gasteiger partial charge in [0.15, 0.2) is 17.4 Å². The average molecular weight is 464 g/mol. The van der Waals surface area contributed by atoms with Gasteiger partial charge in [-0.05, 0) is 46.6 Å². The summed E-state index contributed by atoms with van der Waals surface area (Å²) >= 11 is 5.63. The SMILES string of the molecule is COc1cccc(NC(=S)/C(=C(\[O-])c2ccc([N+](=O)[O-])cc2)[n+]2ccc(C(C)(C)C)cc2)c1. The monoisotopic (exact) mass is 463 g/mol. The number of methoxy groups -OCH3 is 1. The fourth-order valence-electron chi connectivity index (χ4n) is 3.18. The highest BCUT2D eigenvalue weighted by Crippen LogP contribution is 2.23. The number of anilines is 1. The van der Waals surface area contributed by atoms with Crippen LogP contribution in [0.2, 0.25) is 0 Å². The molecule has 3 rings (SSSR count). The maximum Gasteiger partial charge on any atom is 0.269 e. The molecule has 0 aliphatic carbocycles. The number of nitro benzene ring substituents is 1. The standard InChI is InChI=1S/C25H25N3O4S/c1-25(2,3)18-12-14-27(15-13-18)22(23(29)17-8-10-20(11-9-17)28(30)31)24(33)26-19-6-5-7-21(16-19)32-4/h5-16H,1-4H3,(H-,26,29,33). The molecule has 0 aliphatic heterocycles. The highest BCUT2D eigenvalue weighted by Gasteiger charge is 2.21. The van der Waals surface area contributed by atoms with Crippen molar-refractivity contribution in [2.24, 2.45) is 0 Å². The van der Waals surface area contributed by atoms with E-state index in [1.165, 1.54) is 24.3 Å². The second kappa shape index (κ2) is 9.79. The van der Waals surface area contributed by atoms with Gasteiger partial charge in [-0.2, -0.15) is 4.57 Å². The zero-order valence-corrected chi connectivity index (χ0v) is 19.7. The third kappa shape index (κ3) is 5.72. The summed E-state index contributed by atoms with van der Waals surface area (Å²) in [6.07, 6.45) is 3.58. The Kier molecular flexibility index (Phi) is 7.08. The number of hydrogen-bond donors (Lipinski definition) is 1. The molecule has 0 radical (unpaired) electrons. The quantitative estimate of drug-likeness (QED) is 0.146. The van der Waals surface area contributed by atoms with Crippen LogP contribution in [-0.4, -0.2) is 17.0 Å². The molecule has 2 aromatic carbocycles. The van der Waals surface area contributed by atoms with E-state index in [2.05, 4.69) is 26.1 Å². The molecular weight excluding hydrogens is 438 g/mol. The Balaban J connectivity index is 2.07. The Morgan fingerprint density at radius 3 is 2.24 bits per heavy atom. The highest BCUT2D eigenvalue weighted by molar-refractivity contribution is 7.81. The van der Waals surface area contributed by atoms with Gasteiger partial charge >= 0.3 is 0 Å². The first kappa shape index (κ1) is 23.9. The molecule has 0 amide bonds. The minimum absolute atomic E-state index is 0.0546. The second-order valence-corrected chi connectivity index (χ2v) is 8.82. The summed E-state index contributed by atoms with van der Waals surface area (Å²) in [6.45, 7) is 6.32. The van der Waals surface area contributed by atoms with Gasteiger partial charge in [0, 0.05) is 36.0 Å². The summed E-state index contributed by atoms with van der Waals surface area (Å²) in [5.74, 6) is 0.284. The van der Waals surface area contributed by atoms with Gasteiger partial charge in [-0.1, -0.05) is 39.1 Å². The third-order valence-electron chi connectivity index (χ3n) is 5.05. The maximum atomic E-state index is 13.5. The number of hydrogen-bond acceptors (Lipinski definition) is 5. The van der Waals surface area contributed by atoms with Crippen LogP contribution in [0.3, 0.4) is 0 Å². The molecule has 0 saturated carbocycles. The molecule has 1 N–H and O–H groups in total. The summed E-state index contributed by atoms with van der Waals surface area (Å²) < 4.78 is 6.92. The number of non-ortho nitro benzene ring substituents is 1. The predicted molar refractivity (Wildman–Crippen MR) is 131 cm³/mol. The van der Waals surface area contributed by atoms with E-state index in [0.29, 0.717) is 11.4 Å². The van der Waals surface area contributed by atoms with Crippen LogP contribution in [-0.2, 0) is 5.41 Å². The van der Waals surface area contributed by atoms with Crippen molar-refractivity contribution >= 4 is 40.0 Å². The number of pyridine rings is 1. The third-order valence-corrected chi connectivity index (χ3v) is 5.35. The molecule has 1 heterocycles. The van der Waals surface area contributed by atoms with Crippen LogP contribution in [0.5, 0.6) is 5.75 Å². The zero-order chi connectivity index (χ0) is 24.2. The Morgan fingerprint density at radius 2 is 1.70 bits per heavy atom. The zero-order valence-electron chi connectivity index (χ0n) is 18.9. The van der Waals surface area contributed by atoms with Gasteiger partial charge in [-0.15, -0.1) is 0 Å². The summed E-state index contributed by atoms with van der Waals surface area (Å²) in [6, 6.07) is 16.6. The number of rotatable bonds is 6. The molecule has 0 fully saturated rings. The van der Waals surface area contributed by atoms with Crippen LogP contribution in [0, 0.1) is 10.1 Å². The molecule has 170 valence electrons. The van der Waals surface area contributed by atoms with E-state index in [1.54, 1.807) is 36.2 Å². The smallest absolute Gasteiger partial charge is 0.269 e. The lowest BCUT2D eigenvalue weighted by Crippen LogP contribution is -2.40. The van der Waals surface area contributed by atoms with Crippen molar-refractivity contribution < 1.29 is 19.3 Å². The summed E-state index contributed by atoms with van der Waals surface area (Å²) in [5.41, 5.74) is 2.14. The molecule has 0 bridgehead atoms. The van der Waals surface area contributed by atoms with E-state index in [1.807, 2.05) is 24.3 Å². The molecule has 0 saturated heterocycles. The molecule has 0 aliphatic rings. The number of nitrogens with one attached hydrogen (secondary N) is 1. The van der Waals surface area contributed by atoms with Crippen molar-refractivity contribution in [3.05, 3.63) is 94.3 Å². The number of thiocarbonyl (C=S) groups is 1. The first-order valence-electron chi connectivity index (χ1n) is 10.2. The second-order valence-electron chi connectivity index (χ2n) is 8.41. The Hall–Kier alpha value is -3.78. The van der Waals surface area contributed by atoms with Gasteiger partial charge in [0.05, 0.1) is 12.0 Å². The van der Waals surface area contributed by atoms with Crippen molar-refractivity contribution in [1.82, 2.24) is 0 Å². The van der Waals surface area contributed by atoms with Crippen LogP contribution in [0.15, 0.2) is 73.1 Å². The molecule has 7 nitrogen and oxygen atoms in total.